The lowest BCUT2D eigenvalue weighted by atomic mass is 10.2. The van der Waals surface area contributed by atoms with Crippen LogP contribution >= 0.6 is 11.5 Å². The minimum Gasteiger partial charge on any atom is -0.478 e. The van der Waals surface area contributed by atoms with Crippen LogP contribution in [-0.2, 0) is 13.0 Å². The highest BCUT2D eigenvalue weighted by molar-refractivity contribution is 7.09. The maximum Gasteiger partial charge on any atom is 0.218 e. The van der Waals surface area contributed by atoms with Gasteiger partial charge in [-0.05, 0) is 13.0 Å². The molecule has 9 heteroatoms. The van der Waals surface area contributed by atoms with Crippen molar-refractivity contribution in [3.05, 3.63) is 29.7 Å². The predicted octanol–water partition coefficient (Wildman–Crippen LogP) is 1.79. The summed E-state index contributed by atoms with van der Waals surface area (Å²) in [5.41, 5.74) is 1.03. The second-order valence-electron chi connectivity index (χ2n) is 6.12. The number of ether oxygens (including phenoxy) is 1. The second kappa shape index (κ2) is 9.50. The van der Waals surface area contributed by atoms with E-state index in [-0.39, 0.29) is 0 Å². The molecular formula is C18H27N7OS. The van der Waals surface area contributed by atoms with Gasteiger partial charge in [0.15, 0.2) is 5.96 Å². The number of anilines is 1. The van der Waals surface area contributed by atoms with Crippen LogP contribution in [0.2, 0.25) is 0 Å². The lowest BCUT2D eigenvalue weighted by Crippen LogP contribution is -2.52. The lowest BCUT2D eigenvalue weighted by Gasteiger charge is -2.36. The third-order valence-electron chi connectivity index (χ3n) is 4.40. The highest BCUT2D eigenvalue weighted by Gasteiger charge is 2.22. The lowest BCUT2D eigenvalue weighted by molar-refractivity contribution is 0.322. The van der Waals surface area contributed by atoms with E-state index in [9.17, 15) is 0 Å². The average molecular weight is 390 g/mol. The molecule has 0 unspecified atom stereocenters. The van der Waals surface area contributed by atoms with E-state index in [0.29, 0.717) is 19.0 Å². The van der Waals surface area contributed by atoms with Gasteiger partial charge in [-0.15, -0.1) is 0 Å². The van der Waals surface area contributed by atoms with Crippen molar-refractivity contribution in [1.29, 1.82) is 0 Å². The van der Waals surface area contributed by atoms with E-state index < -0.39 is 0 Å². The summed E-state index contributed by atoms with van der Waals surface area (Å²) in [4.78, 5) is 17.9. The Balaban J connectivity index is 1.55. The van der Waals surface area contributed by atoms with Crippen molar-refractivity contribution in [1.82, 2.24) is 24.6 Å². The zero-order valence-electron chi connectivity index (χ0n) is 16.2. The average Bonchev–Trinajstić information content (AvgIpc) is 3.20. The summed E-state index contributed by atoms with van der Waals surface area (Å²) < 4.78 is 9.99. The number of nitrogens with one attached hydrogen (secondary N) is 1. The number of hydrogen-bond donors (Lipinski definition) is 1. The van der Waals surface area contributed by atoms with Gasteiger partial charge in [0.05, 0.1) is 6.61 Å². The van der Waals surface area contributed by atoms with Crippen LogP contribution in [0.4, 0.5) is 5.13 Å². The summed E-state index contributed by atoms with van der Waals surface area (Å²) in [5.74, 6) is 2.50. The first-order chi connectivity index (χ1) is 13.2. The van der Waals surface area contributed by atoms with Crippen LogP contribution in [0.15, 0.2) is 23.3 Å². The van der Waals surface area contributed by atoms with Gasteiger partial charge in [-0.3, -0.25) is 4.99 Å². The van der Waals surface area contributed by atoms with Gasteiger partial charge in [0.1, 0.15) is 5.82 Å². The van der Waals surface area contributed by atoms with E-state index in [1.165, 1.54) is 11.5 Å². The van der Waals surface area contributed by atoms with Gasteiger partial charge in [-0.1, -0.05) is 13.0 Å². The number of nitrogens with zero attached hydrogens (tertiary/aromatic N) is 6. The number of rotatable bonds is 6. The SMILES string of the molecule is CCOc1ncccc1CNC(=NC)N1CCN(c2nc(CC)ns2)CC1. The fourth-order valence-electron chi connectivity index (χ4n) is 2.96. The van der Waals surface area contributed by atoms with Gasteiger partial charge in [0, 0.05) is 69.5 Å². The summed E-state index contributed by atoms with van der Waals surface area (Å²) in [6, 6.07) is 3.95. The smallest absolute Gasteiger partial charge is 0.218 e. The van der Waals surface area contributed by atoms with Crippen LogP contribution in [0.5, 0.6) is 5.88 Å². The molecule has 0 amide bonds. The monoisotopic (exact) mass is 389 g/mol. The molecule has 0 bridgehead atoms. The minimum absolute atomic E-state index is 0.603. The van der Waals surface area contributed by atoms with E-state index in [4.69, 9.17) is 4.74 Å². The van der Waals surface area contributed by atoms with Gasteiger partial charge in [-0.25, -0.2) is 9.97 Å². The molecule has 1 N–H and O–H groups in total. The molecule has 1 saturated heterocycles. The molecular weight excluding hydrogens is 362 g/mol. The number of aromatic nitrogens is 3. The molecule has 2 aromatic heterocycles. The van der Waals surface area contributed by atoms with Crippen LogP contribution in [-0.4, -0.2) is 65.0 Å². The van der Waals surface area contributed by atoms with Crippen molar-refractivity contribution in [3.63, 3.8) is 0 Å². The van der Waals surface area contributed by atoms with Crippen molar-refractivity contribution in [2.24, 2.45) is 4.99 Å². The molecule has 2 aromatic rings. The van der Waals surface area contributed by atoms with Crippen LogP contribution < -0.4 is 15.0 Å². The summed E-state index contributed by atoms with van der Waals surface area (Å²) in [6.45, 7) is 8.90. The molecule has 3 rings (SSSR count). The highest BCUT2D eigenvalue weighted by atomic mass is 32.1. The molecule has 1 aliphatic rings. The zero-order valence-corrected chi connectivity index (χ0v) is 17.0. The fourth-order valence-corrected chi connectivity index (χ4v) is 3.76. The van der Waals surface area contributed by atoms with E-state index in [0.717, 1.165) is 55.1 Å². The van der Waals surface area contributed by atoms with Crippen LogP contribution in [0.25, 0.3) is 0 Å². The van der Waals surface area contributed by atoms with Crippen molar-refractivity contribution in [2.45, 2.75) is 26.8 Å². The molecule has 8 nitrogen and oxygen atoms in total. The Kier molecular flexibility index (Phi) is 6.80. The Bertz CT molecular complexity index is 756. The number of aliphatic imine (C=N–C) groups is 1. The predicted molar refractivity (Wildman–Crippen MR) is 109 cm³/mol. The van der Waals surface area contributed by atoms with Gasteiger partial charge >= 0.3 is 0 Å². The van der Waals surface area contributed by atoms with E-state index in [2.05, 4.69) is 41.4 Å². The van der Waals surface area contributed by atoms with Gasteiger partial charge in [0.25, 0.3) is 0 Å². The van der Waals surface area contributed by atoms with Crippen molar-refractivity contribution in [3.8, 4) is 5.88 Å². The standard InChI is InChI=1S/C18H27N7OS/c1-4-15-22-18(27-23-15)25-11-9-24(10-12-25)17(19-3)21-13-14-7-6-8-20-16(14)26-5-2/h6-8H,4-5,9-13H2,1-3H3,(H,19,21). The molecule has 27 heavy (non-hydrogen) atoms. The molecule has 0 saturated carbocycles. The van der Waals surface area contributed by atoms with Crippen molar-refractivity contribution < 1.29 is 4.74 Å². The first kappa shape index (κ1) is 19.3. The first-order valence-electron chi connectivity index (χ1n) is 9.35. The van der Waals surface area contributed by atoms with Crippen LogP contribution in [0, 0.1) is 0 Å². The normalized spacial score (nSPS) is 15.1. The fraction of sp³-hybridized carbons (Fsp3) is 0.556. The largest absolute Gasteiger partial charge is 0.478 e. The van der Waals surface area contributed by atoms with Gasteiger partial charge in [-0.2, -0.15) is 4.37 Å². The number of guanidine groups is 1. The van der Waals surface area contributed by atoms with E-state index in [1.54, 1.807) is 6.20 Å². The van der Waals surface area contributed by atoms with Crippen LogP contribution in [0.3, 0.4) is 0 Å². The Labute approximate surface area is 164 Å². The quantitative estimate of drug-likeness (QED) is 0.596. The Morgan fingerprint density at radius 1 is 1.30 bits per heavy atom. The topological polar surface area (TPSA) is 78.8 Å². The molecule has 3 heterocycles. The molecule has 0 aromatic carbocycles. The molecule has 1 fully saturated rings. The number of hydrogen-bond acceptors (Lipinski definition) is 7. The molecule has 0 atom stereocenters. The molecule has 0 spiro atoms. The minimum atomic E-state index is 0.603. The third-order valence-corrected chi connectivity index (χ3v) is 5.22. The third kappa shape index (κ3) is 4.85. The molecule has 0 radical (unpaired) electrons. The van der Waals surface area contributed by atoms with Crippen molar-refractivity contribution in [2.75, 3.05) is 44.7 Å². The zero-order chi connectivity index (χ0) is 19.1. The second-order valence-corrected chi connectivity index (χ2v) is 6.85. The maximum absolute atomic E-state index is 5.60. The number of piperazine rings is 1. The Morgan fingerprint density at radius 2 is 2.11 bits per heavy atom. The summed E-state index contributed by atoms with van der Waals surface area (Å²) >= 11 is 1.49. The number of pyridine rings is 1. The van der Waals surface area contributed by atoms with Crippen molar-refractivity contribution >= 4 is 22.6 Å². The summed E-state index contributed by atoms with van der Waals surface area (Å²) in [5, 5.41) is 4.45. The molecule has 1 aliphatic heterocycles. The number of aryl methyl sites for hydroxylation is 1. The molecule has 146 valence electrons. The summed E-state index contributed by atoms with van der Waals surface area (Å²) in [6.07, 6.45) is 2.63. The Hall–Kier alpha value is -2.42. The van der Waals surface area contributed by atoms with Gasteiger partial charge in [0.2, 0.25) is 11.0 Å². The summed E-state index contributed by atoms with van der Waals surface area (Å²) in [7, 11) is 1.82. The molecule has 0 aliphatic carbocycles. The highest BCUT2D eigenvalue weighted by Crippen LogP contribution is 2.19. The van der Waals surface area contributed by atoms with Gasteiger partial charge < -0.3 is 19.9 Å². The van der Waals surface area contributed by atoms with E-state index in [1.807, 2.05) is 26.1 Å². The first-order valence-corrected chi connectivity index (χ1v) is 10.1. The maximum atomic E-state index is 5.60. The van der Waals surface area contributed by atoms with Crippen LogP contribution in [0.1, 0.15) is 25.2 Å². The Morgan fingerprint density at radius 3 is 2.78 bits per heavy atom. The van der Waals surface area contributed by atoms with E-state index >= 15 is 0 Å².